The molecule has 1 amide bonds. The molecule has 25 heavy (non-hydrogen) atoms. The molecule has 1 heterocycles. The van der Waals surface area contributed by atoms with Gasteiger partial charge in [0.25, 0.3) is 5.91 Å². The number of carboxylic acid groups (broad SMARTS) is 1. The maximum Gasteiger partial charge on any atom is 0.335 e. The molecule has 0 unspecified atom stereocenters. The van der Waals surface area contributed by atoms with Gasteiger partial charge in [0.05, 0.1) is 29.1 Å². The second kappa shape index (κ2) is 7.23. The number of nitrogens with zero attached hydrogens (tertiary/aromatic N) is 1. The topological polar surface area (TPSA) is 88.5 Å². The highest BCUT2D eigenvalue weighted by atomic mass is 32.1. The molecule has 0 radical (unpaired) electrons. The summed E-state index contributed by atoms with van der Waals surface area (Å²) >= 11 is 1.45. The quantitative estimate of drug-likeness (QED) is 0.839. The van der Waals surface area contributed by atoms with Gasteiger partial charge in [-0.25, -0.2) is 9.78 Å². The lowest BCUT2D eigenvalue weighted by atomic mass is 10.1. The lowest BCUT2D eigenvalue weighted by Gasteiger charge is -2.10. The molecule has 0 saturated heterocycles. The van der Waals surface area contributed by atoms with Gasteiger partial charge in [-0.1, -0.05) is 12.8 Å². The zero-order valence-electron chi connectivity index (χ0n) is 14.2. The lowest BCUT2D eigenvalue weighted by molar-refractivity contribution is 0.0696. The van der Waals surface area contributed by atoms with Gasteiger partial charge in [0, 0.05) is 5.92 Å². The summed E-state index contributed by atoms with van der Waals surface area (Å²) in [5, 5.41) is 12.9. The van der Waals surface area contributed by atoms with Crippen LogP contribution in [0, 0.1) is 6.92 Å². The molecule has 0 aliphatic heterocycles. The van der Waals surface area contributed by atoms with Gasteiger partial charge in [-0.2, -0.15) is 0 Å². The van der Waals surface area contributed by atoms with E-state index in [-0.39, 0.29) is 11.5 Å². The molecule has 0 spiro atoms. The van der Waals surface area contributed by atoms with E-state index < -0.39 is 5.97 Å². The van der Waals surface area contributed by atoms with Gasteiger partial charge < -0.3 is 15.2 Å². The number of anilines is 1. The first-order chi connectivity index (χ1) is 12.0. The number of ether oxygens (including phenoxy) is 1. The lowest BCUT2D eigenvalue weighted by Crippen LogP contribution is -2.12. The summed E-state index contributed by atoms with van der Waals surface area (Å²) in [6.07, 6.45) is 4.72. The number of methoxy groups -OCH3 is 1. The molecule has 1 aromatic carbocycles. The predicted octanol–water partition coefficient (Wildman–Crippen LogP) is 4.07. The van der Waals surface area contributed by atoms with Crippen LogP contribution in [-0.4, -0.2) is 29.1 Å². The Morgan fingerprint density at radius 2 is 2.04 bits per heavy atom. The number of carbonyl (C=O) groups excluding carboxylic acids is 1. The van der Waals surface area contributed by atoms with Crippen LogP contribution < -0.4 is 10.1 Å². The number of thiazole rings is 1. The summed E-state index contributed by atoms with van der Waals surface area (Å²) in [6.45, 7) is 1.84. The largest absolute Gasteiger partial charge is 0.495 e. The Morgan fingerprint density at radius 3 is 2.68 bits per heavy atom. The number of aromatic nitrogens is 1. The normalized spacial score (nSPS) is 14.5. The minimum absolute atomic E-state index is 0.104. The van der Waals surface area contributed by atoms with Gasteiger partial charge in [-0.05, 0) is 38.0 Å². The van der Waals surface area contributed by atoms with Crippen molar-refractivity contribution in [2.75, 3.05) is 12.4 Å². The van der Waals surface area contributed by atoms with Crippen LogP contribution >= 0.6 is 11.3 Å². The summed E-state index contributed by atoms with van der Waals surface area (Å²) in [5.41, 5.74) is 1.27. The Bertz CT molecular complexity index is 809. The molecular formula is C18H20N2O4S. The second-order valence-corrected chi connectivity index (χ2v) is 7.15. The van der Waals surface area contributed by atoms with Crippen LogP contribution in [0.25, 0.3) is 0 Å². The fraction of sp³-hybridized carbons (Fsp3) is 0.389. The van der Waals surface area contributed by atoms with Crippen LogP contribution in [0.5, 0.6) is 5.75 Å². The fourth-order valence-electron chi connectivity index (χ4n) is 3.08. The van der Waals surface area contributed by atoms with Crippen molar-refractivity contribution >= 4 is 28.9 Å². The summed E-state index contributed by atoms with van der Waals surface area (Å²) in [6, 6.07) is 4.36. The summed E-state index contributed by atoms with van der Waals surface area (Å²) < 4.78 is 5.20. The highest BCUT2D eigenvalue weighted by Crippen LogP contribution is 2.37. The van der Waals surface area contributed by atoms with Crippen LogP contribution in [0.1, 0.15) is 62.3 Å². The van der Waals surface area contributed by atoms with E-state index in [1.807, 2.05) is 6.92 Å². The number of aromatic carboxylic acids is 1. The Hall–Kier alpha value is -2.41. The minimum atomic E-state index is -1.05. The highest BCUT2D eigenvalue weighted by molar-refractivity contribution is 7.14. The van der Waals surface area contributed by atoms with Crippen molar-refractivity contribution in [1.82, 2.24) is 4.98 Å². The molecule has 0 bridgehead atoms. The number of carbonyl (C=O) groups is 2. The molecule has 1 aliphatic carbocycles. The van der Waals surface area contributed by atoms with E-state index in [4.69, 9.17) is 9.84 Å². The standard InChI is InChI=1S/C18H20N2O4S/c1-10-15(25-17(19-10)11-5-3-4-6-11)16(21)20-13-8-7-12(18(22)23)9-14(13)24-2/h7-9,11H,3-6H2,1-2H3,(H,20,21)(H,22,23). The maximum atomic E-state index is 12.6. The average Bonchev–Trinajstić information content (AvgIpc) is 3.24. The van der Waals surface area contributed by atoms with Crippen LogP contribution in [0.4, 0.5) is 5.69 Å². The predicted molar refractivity (Wildman–Crippen MR) is 96.0 cm³/mol. The van der Waals surface area contributed by atoms with Crippen molar-refractivity contribution in [3.63, 3.8) is 0 Å². The van der Waals surface area contributed by atoms with Gasteiger partial charge in [0.1, 0.15) is 10.6 Å². The van der Waals surface area contributed by atoms with Crippen molar-refractivity contribution < 1.29 is 19.4 Å². The van der Waals surface area contributed by atoms with Crippen molar-refractivity contribution in [2.45, 2.75) is 38.5 Å². The van der Waals surface area contributed by atoms with E-state index in [1.165, 1.54) is 49.5 Å². The minimum Gasteiger partial charge on any atom is -0.495 e. The summed E-state index contributed by atoms with van der Waals surface area (Å²) in [7, 11) is 1.44. The third-order valence-electron chi connectivity index (χ3n) is 4.42. The Labute approximate surface area is 149 Å². The molecule has 1 aromatic heterocycles. The Balaban J connectivity index is 1.81. The molecule has 6 nitrogen and oxygen atoms in total. The van der Waals surface area contributed by atoms with E-state index in [0.717, 1.165) is 23.5 Å². The smallest absolute Gasteiger partial charge is 0.335 e. The van der Waals surface area contributed by atoms with Crippen molar-refractivity contribution in [2.24, 2.45) is 0 Å². The van der Waals surface area contributed by atoms with E-state index in [0.29, 0.717) is 22.2 Å². The van der Waals surface area contributed by atoms with E-state index in [9.17, 15) is 9.59 Å². The van der Waals surface area contributed by atoms with Gasteiger partial charge in [0.15, 0.2) is 0 Å². The summed E-state index contributed by atoms with van der Waals surface area (Å²) in [5.74, 6) is -0.516. The first-order valence-corrected chi connectivity index (χ1v) is 9.01. The average molecular weight is 360 g/mol. The third-order valence-corrected chi connectivity index (χ3v) is 5.74. The second-order valence-electron chi connectivity index (χ2n) is 6.12. The zero-order valence-corrected chi connectivity index (χ0v) is 15.0. The van der Waals surface area contributed by atoms with Gasteiger partial charge in [0.2, 0.25) is 0 Å². The Kier molecular flexibility index (Phi) is 5.03. The Morgan fingerprint density at radius 1 is 1.32 bits per heavy atom. The number of amides is 1. The molecular weight excluding hydrogens is 340 g/mol. The molecule has 2 aromatic rings. The molecule has 3 rings (SSSR count). The summed E-state index contributed by atoms with van der Waals surface area (Å²) in [4.78, 5) is 28.9. The van der Waals surface area contributed by atoms with Crippen LogP contribution in [0.3, 0.4) is 0 Å². The van der Waals surface area contributed by atoms with E-state index in [1.54, 1.807) is 0 Å². The van der Waals surface area contributed by atoms with E-state index >= 15 is 0 Å². The third kappa shape index (κ3) is 3.66. The molecule has 1 fully saturated rings. The van der Waals surface area contributed by atoms with Gasteiger partial charge >= 0.3 is 5.97 Å². The monoisotopic (exact) mass is 360 g/mol. The number of rotatable bonds is 5. The zero-order chi connectivity index (χ0) is 18.0. The molecule has 0 atom stereocenters. The van der Waals surface area contributed by atoms with Crippen molar-refractivity contribution in [1.29, 1.82) is 0 Å². The molecule has 2 N–H and O–H groups in total. The van der Waals surface area contributed by atoms with Crippen molar-refractivity contribution in [3.05, 3.63) is 39.3 Å². The fourth-order valence-corrected chi connectivity index (χ4v) is 4.21. The first kappa shape index (κ1) is 17.4. The molecule has 7 heteroatoms. The number of nitrogens with one attached hydrogen (secondary N) is 1. The highest BCUT2D eigenvalue weighted by Gasteiger charge is 2.24. The van der Waals surface area contributed by atoms with Crippen molar-refractivity contribution in [3.8, 4) is 5.75 Å². The van der Waals surface area contributed by atoms with Crippen LogP contribution in [0.2, 0.25) is 0 Å². The molecule has 132 valence electrons. The van der Waals surface area contributed by atoms with Gasteiger partial charge in [-0.3, -0.25) is 4.79 Å². The molecule has 1 aliphatic rings. The SMILES string of the molecule is COc1cc(C(=O)O)ccc1NC(=O)c1sc(C2CCCC2)nc1C. The number of carboxylic acids is 1. The van der Waals surface area contributed by atoms with Gasteiger partial charge in [-0.15, -0.1) is 11.3 Å². The number of hydrogen-bond acceptors (Lipinski definition) is 5. The number of aryl methyl sites for hydroxylation is 1. The first-order valence-electron chi connectivity index (χ1n) is 8.19. The maximum absolute atomic E-state index is 12.6. The van der Waals surface area contributed by atoms with Crippen LogP contribution in [0.15, 0.2) is 18.2 Å². The van der Waals surface area contributed by atoms with Crippen LogP contribution in [-0.2, 0) is 0 Å². The number of hydrogen-bond donors (Lipinski definition) is 2. The van der Waals surface area contributed by atoms with E-state index in [2.05, 4.69) is 10.3 Å². The number of benzene rings is 1. The molecule has 1 saturated carbocycles.